The number of anilines is 1. The van der Waals surface area contributed by atoms with E-state index in [0.29, 0.717) is 16.9 Å². The summed E-state index contributed by atoms with van der Waals surface area (Å²) in [6.45, 7) is 1.87. The zero-order valence-corrected chi connectivity index (χ0v) is 14.7. The number of phenolic OH excluding ortho intramolecular Hbond substituents is 1. The Balaban J connectivity index is 2.02. The Morgan fingerprint density at radius 3 is 2.54 bits per heavy atom. The van der Waals surface area contributed by atoms with Crippen molar-refractivity contribution >= 4 is 38.2 Å². The maximum absolute atomic E-state index is 10.0. The summed E-state index contributed by atoms with van der Waals surface area (Å²) in [7, 11) is 0. The highest BCUT2D eigenvalue weighted by molar-refractivity contribution is 9.10. The van der Waals surface area contributed by atoms with Crippen molar-refractivity contribution in [3.05, 3.63) is 70.5 Å². The highest BCUT2D eigenvalue weighted by Gasteiger charge is 2.10. The Hall–Kier alpha value is -2.57. The fourth-order valence-corrected chi connectivity index (χ4v) is 2.71. The van der Waals surface area contributed by atoms with Crippen molar-refractivity contribution in [3.63, 3.8) is 0 Å². The van der Waals surface area contributed by atoms with Crippen LogP contribution < -0.4 is 16.6 Å². The van der Waals surface area contributed by atoms with Gasteiger partial charge in [0.15, 0.2) is 0 Å². The molecular weight excluding hydrogens is 368 g/mol. The molecule has 0 radical (unpaired) electrons. The third-order valence-corrected chi connectivity index (χ3v) is 4.21. The van der Waals surface area contributed by atoms with Gasteiger partial charge in [-0.1, -0.05) is 28.1 Å². The Bertz CT molecular complexity index is 922. The largest absolute Gasteiger partial charge is 0.506 e. The number of phenols is 1. The summed E-state index contributed by atoms with van der Waals surface area (Å²) >= 11 is 3.40. The predicted molar refractivity (Wildman–Crippen MR) is 101 cm³/mol. The van der Waals surface area contributed by atoms with Crippen LogP contribution in [0.15, 0.2) is 59.2 Å². The van der Waals surface area contributed by atoms with Gasteiger partial charge in [-0.05, 0) is 48.9 Å². The fraction of sp³-hybridized carbons (Fsp3) is 0.0556. The number of nitrogens with two attached hydrogens (primary N) is 2. The van der Waals surface area contributed by atoms with Crippen LogP contribution in [0.1, 0.15) is 11.3 Å². The molecule has 0 spiro atoms. The van der Waals surface area contributed by atoms with Crippen molar-refractivity contribution in [1.29, 1.82) is 0 Å². The van der Waals surface area contributed by atoms with Gasteiger partial charge in [-0.25, -0.2) is 10.8 Å². The van der Waals surface area contributed by atoms with Gasteiger partial charge in [0.1, 0.15) is 11.3 Å². The lowest BCUT2D eigenvalue weighted by Gasteiger charge is -2.18. The van der Waals surface area contributed by atoms with Gasteiger partial charge in [-0.2, -0.15) is 0 Å². The average molecular weight is 385 g/mol. The normalized spacial score (nSPS) is 11.7. The zero-order chi connectivity index (χ0) is 17.3. The Labute approximate surface area is 148 Å². The summed E-state index contributed by atoms with van der Waals surface area (Å²) in [5.41, 5.74) is 9.58. The first kappa shape index (κ1) is 16.3. The van der Waals surface area contributed by atoms with Crippen molar-refractivity contribution in [1.82, 2.24) is 4.98 Å². The molecule has 0 aliphatic carbocycles. The third-order valence-electron chi connectivity index (χ3n) is 3.69. The van der Waals surface area contributed by atoms with Gasteiger partial charge < -0.3 is 10.8 Å². The monoisotopic (exact) mass is 384 g/mol. The van der Waals surface area contributed by atoms with Gasteiger partial charge >= 0.3 is 0 Å². The smallest absolute Gasteiger partial charge is 0.141 e. The van der Waals surface area contributed by atoms with Crippen LogP contribution in [0.25, 0.3) is 16.6 Å². The van der Waals surface area contributed by atoms with E-state index in [1.807, 2.05) is 43.3 Å². The Morgan fingerprint density at radius 2 is 1.83 bits per heavy atom. The van der Waals surface area contributed by atoms with Crippen LogP contribution in [0.4, 0.5) is 5.69 Å². The summed E-state index contributed by atoms with van der Waals surface area (Å²) in [6, 6.07) is 14.7. The lowest BCUT2D eigenvalue weighted by molar-refractivity contribution is 0.480. The second-order valence-electron chi connectivity index (χ2n) is 5.45. The summed E-state index contributed by atoms with van der Waals surface area (Å²) in [6.07, 6.45) is 1.65. The molecule has 0 amide bonds. The average Bonchev–Trinajstić information content (AvgIpc) is 2.56. The molecular formula is C18H17BrN4O. The van der Waals surface area contributed by atoms with Gasteiger partial charge in [0, 0.05) is 21.8 Å². The summed E-state index contributed by atoms with van der Waals surface area (Å²) in [5, 5.41) is 12.2. The minimum atomic E-state index is 0.121. The molecule has 1 heterocycles. The standard InChI is InChI=1S/C18H17BrN4O/c1-11-2-7-14-16(8-9-17(24)18(14)22-11)23(21)10-15(20)12-3-5-13(19)6-4-12/h2-10,24H,20-21H2,1H3/b15-10-. The quantitative estimate of drug-likeness (QED) is 0.473. The van der Waals surface area contributed by atoms with E-state index in [9.17, 15) is 5.11 Å². The molecule has 3 rings (SSSR count). The van der Waals surface area contributed by atoms with Gasteiger partial charge in [0.25, 0.3) is 0 Å². The number of benzene rings is 2. The number of aromatic nitrogens is 1. The lowest BCUT2D eigenvalue weighted by atomic mass is 10.1. The molecule has 0 aliphatic rings. The molecule has 0 bridgehead atoms. The summed E-state index contributed by atoms with van der Waals surface area (Å²) in [5.74, 6) is 6.30. The number of rotatable bonds is 3. The van der Waals surface area contributed by atoms with Crippen LogP contribution in [0.5, 0.6) is 5.75 Å². The lowest BCUT2D eigenvalue weighted by Crippen LogP contribution is -2.26. The highest BCUT2D eigenvalue weighted by Crippen LogP contribution is 2.31. The molecule has 5 N–H and O–H groups in total. The van der Waals surface area contributed by atoms with E-state index in [0.717, 1.165) is 21.1 Å². The Kier molecular flexibility index (Phi) is 4.42. The van der Waals surface area contributed by atoms with E-state index in [1.165, 1.54) is 5.01 Å². The summed E-state index contributed by atoms with van der Waals surface area (Å²) in [4.78, 5) is 4.38. The van der Waals surface area contributed by atoms with E-state index < -0.39 is 0 Å². The van der Waals surface area contributed by atoms with Crippen molar-refractivity contribution in [2.24, 2.45) is 11.6 Å². The molecule has 1 aromatic heterocycles. The number of aromatic hydroxyl groups is 1. The number of pyridine rings is 1. The van der Waals surface area contributed by atoms with Crippen LogP contribution >= 0.6 is 15.9 Å². The predicted octanol–water partition coefficient (Wildman–Crippen LogP) is 3.65. The molecule has 0 fully saturated rings. The highest BCUT2D eigenvalue weighted by atomic mass is 79.9. The number of aryl methyl sites for hydroxylation is 1. The number of hydrogen-bond donors (Lipinski definition) is 3. The van der Waals surface area contributed by atoms with Gasteiger partial charge in [0.2, 0.25) is 0 Å². The molecule has 0 saturated heterocycles. The van der Waals surface area contributed by atoms with Gasteiger partial charge in [-0.3, -0.25) is 5.01 Å². The van der Waals surface area contributed by atoms with Gasteiger partial charge in [-0.15, -0.1) is 0 Å². The first-order valence-corrected chi connectivity index (χ1v) is 8.11. The van der Waals surface area contributed by atoms with E-state index in [2.05, 4.69) is 20.9 Å². The molecule has 3 aromatic rings. The van der Waals surface area contributed by atoms with Crippen molar-refractivity contribution < 1.29 is 5.11 Å². The van der Waals surface area contributed by atoms with E-state index in [4.69, 9.17) is 11.6 Å². The second kappa shape index (κ2) is 6.51. The minimum Gasteiger partial charge on any atom is -0.506 e. The number of hydrazine groups is 1. The molecule has 122 valence electrons. The SMILES string of the molecule is Cc1ccc2c(N(N)/C=C(\N)c3ccc(Br)cc3)ccc(O)c2n1. The first-order chi connectivity index (χ1) is 11.5. The van der Waals surface area contributed by atoms with Crippen LogP contribution in [0.3, 0.4) is 0 Å². The van der Waals surface area contributed by atoms with Crippen molar-refractivity contribution in [2.75, 3.05) is 5.01 Å². The maximum atomic E-state index is 10.0. The third kappa shape index (κ3) is 3.20. The first-order valence-electron chi connectivity index (χ1n) is 7.32. The van der Waals surface area contributed by atoms with Crippen molar-refractivity contribution in [2.45, 2.75) is 6.92 Å². The molecule has 0 atom stereocenters. The molecule has 5 nitrogen and oxygen atoms in total. The van der Waals surface area contributed by atoms with Crippen molar-refractivity contribution in [3.8, 4) is 5.75 Å². The maximum Gasteiger partial charge on any atom is 0.141 e. The number of nitrogens with zero attached hydrogens (tertiary/aromatic N) is 2. The topological polar surface area (TPSA) is 88.4 Å². The molecule has 6 heteroatoms. The van der Waals surface area contributed by atoms with Crippen LogP contribution in [0, 0.1) is 6.92 Å². The summed E-state index contributed by atoms with van der Waals surface area (Å²) < 4.78 is 0.981. The molecule has 0 saturated carbocycles. The second-order valence-corrected chi connectivity index (χ2v) is 6.37. The van der Waals surface area contributed by atoms with Crippen LogP contribution in [0.2, 0.25) is 0 Å². The van der Waals surface area contributed by atoms with Crippen LogP contribution in [-0.2, 0) is 0 Å². The van der Waals surface area contributed by atoms with E-state index >= 15 is 0 Å². The van der Waals surface area contributed by atoms with E-state index in [-0.39, 0.29) is 5.75 Å². The van der Waals surface area contributed by atoms with Gasteiger partial charge in [0.05, 0.1) is 11.4 Å². The number of halogens is 1. The number of hydrogen-bond acceptors (Lipinski definition) is 5. The molecule has 0 unspecified atom stereocenters. The molecule has 2 aromatic carbocycles. The molecule has 24 heavy (non-hydrogen) atoms. The minimum absolute atomic E-state index is 0.121. The number of fused-ring (bicyclic) bond motifs is 1. The Morgan fingerprint density at radius 1 is 1.12 bits per heavy atom. The van der Waals surface area contributed by atoms with E-state index in [1.54, 1.807) is 18.3 Å². The fourth-order valence-electron chi connectivity index (χ4n) is 2.45. The molecule has 0 aliphatic heterocycles. The van der Waals surface area contributed by atoms with Crippen LogP contribution in [-0.4, -0.2) is 10.1 Å². The zero-order valence-electron chi connectivity index (χ0n) is 13.1.